The summed E-state index contributed by atoms with van der Waals surface area (Å²) in [4.78, 5) is 21.9. The number of alkyl halides is 3. The quantitative estimate of drug-likeness (QED) is 0.417. The molecule has 7 nitrogen and oxygen atoms in total. The first kappa shape index (κ1) is 22.3. The highest BCUT2D eigenvalue weighted by Gasteiger charge is 2.34. The van der Waals surface area contributed by atoms with Gasteiger partial charge in [0.1, 0.15) is 5.69 Å². The van der Waals surface area contributed by atoms with Gasteiger partial charge < -0.3 is 10.1 Å². The van der Waals surface area contributed by atoms with Gasteiger partial charge in [-0.1, -0.05) is 24.3 Å². The van der Waals surface area contributed by atoms with Crippen molar-refractivity contribution in [1.29, 1.82) is 0 Å². The Labute approximate surface area is 192 Å². The van der Waals surface area contributed by atoms with Gasteiger partial charge in [0.25, 0.3) is 0 Å². The lowest BCUT2D eigenvalue weighted by molar-refractivity contribution is -0.141. The standard InChI is InChI=1S/C24H22F3N5O2/c1-12-5-4-6-16-21(12)28-13(2)20-14(3)31-32(22(16)20)23(33)30-17-9-10-34-11-18-15(17)7-8-19(29-18)24(25,26)27/h4-8,17H,9-11H2,1-3H3,(H,30,33)/t17-/m0/s1. The van der Waals surface area contributed by atoms with Crippen LogP contribution in [0.5, 0.6) is 0 Å². The predicted octanol–water partition coefficient (Wildman–Crippen LogP) is 5.14. The molecule has 176 valence electrons. The number of carbonyl (C=O) groups is 1. The number of ether oxygens (including phenoxy) is 1. The third kappa shape index (κ3) is 3.67. The van der Waals surface area contributed by atoms with Gasteiger partial charge in [-0.3, -0.25) is 4.98 Å². The summed E-state index contributed by atoms with van der Waals surface area (Å²) in [7, 11) is 0. The van der Waals surface area contributed by atoms with Gasteiger partial charge in [0.2, 0.25) is 0 Å². The van der Waals surface area contributed by atoms with Crippen LogP contribution in [0.15, 0.2) is 30.3 Å². The molecule has 34 heavy (non-hydrogen) atoms. The van der Waals surface area contributed by atoms with Crippen LogP contribution in [0.3, 0.4) is 0 Å². The molecule has 0 fully saturated rings. The Kier molecular flexibility index (Phi) is 5.27. The molecule has 4 heterocycles. The summed E-state index contributed by atoms with van der Waals surface area (Å²) in [5.74, 6) is 0. The Hall–Kier alpha value is -3.53. The third-order valence-corrected chi connectivity index (χ3v) is 6.15. The summed E-state index contributed by atoms with van der Waals surface area (Å²) >= 11 is 0. The summed E-state index contributed by atoms with van der Waals surface area (Å²) < 4.78 is 46.2. The van der Waals surface area contributed by atoms with E-state index in [-0.39, 0.29) is 18.9 Å². The third-order valence-electron chi connectivity index (χ3n) is 6.15. The van der Waals surface area contributed by atoms with Crippen LogP contribution in [-0.2, 0) is 17.5 Å². The van der Waals surface area contributed by atoms with E-state index in [9.17, 15) is 18.0 Å². The highest BCUT2D eigenvalue weighted by molar-refractivity contribution is 6.09. The molecule has 0 saturated carbocycles. The van der Waals surface area contributed by atoms with Crippen molar-refractivity contribution in [2.45, 2.75) is 46.0 Å². The number of nitrogens with zero attached hydrogens (tertiary/aromatic N) is 4. The first-order valence-corrected chi connectivity index (χ1v) is 10.9. The molecule has 0 radical (unpaired) electrons. The largest absolute Gasteiger partial charge is 0.433 e. The van der Waals surface area contributed by atoms with Crippen molar-refractivity contribution >= 4 is 27.8 Å². The van der Waals surface area contributed by atoms with Gasteiger partial charge in [0, 0.05) is 23.1 Å². The topological polar surface area (TPSA) is 81.9 Å². The summed E-state index contributed by atoms with van der Waals surface area (Å²) in [6.07, 6.45) is -4.17. The zero-order valence-electron chi connectivity index (χ0n) is 18.8. The number of carbonyl (C=O) groups excluding carboxylic acids is 1. The lowest BCUT2D eigenvalue weighted by Gasteiger charge is -2.19. The number of hydrogen-bond acceptors (Lipinski definition) is 5. The van der Waals surface area contributed by atoms with Crippen molar-refractivity contribution in [3.63, 3.8) is 0 Å². The van der Waals surface area contributed by atoms with E-state index in [1.807, 2.05) is 39.0 Å². The number of amides is 1. The summed E-state index contributed by atoms with van der Waals surface area (Å²) in [5.41, 5.74) is 3.54. The SMILES string of the molecule is Cc1cccc2c1nc(C)c1c(C)nn(C(=O)N[C@H]3CCOCc4nc(C(F)(F)F)ccc43)c12. The van der Waals surface area contributed by atoms with Crippen LogP contribution in [0.1, 0.15) is 46.4 Å². The molecule has 0 unspecified atom stereocenters. The van der Waals surface area contributed by atoms with E-state index in [0.29, 0.717) is 23.2 Å². The Morgan fingerprint density at radius 3 is 2.68 bits per heavy atom. The number of rotatable bonds is 1. The predicted molar refractivity (Wildman–Crippen MR) is 119 cm³/mol. The van der Waals surface area contributed by atoms with E-state index in [4.69, 9.17) is 9.72 Å². The maximum absolute atomic E-state index is 13.5. The molecule has 0 saturated heterocycles. The van der Waals surface area contributed by atoms with Gasteiger partial charge in [-0.2, -0.15) is 23.0 Å². The number of halogens is 3. The van der Waals surface area contributed by atoms with Crippen LogP contribution in [-0.4, -0.2) is 32.4 Å². The molecule has 5 rings (SSSR count). The molecular weight excluding hydrogens is 447 g/mol. The second kappa shape index (κ2) is 8.05. The van der Waals surface area contributed by atoms with E-state index < -0.39 is 23.9 Å². The molecule has 4 aromatic rings. The maximum Gasteiger partial charge on any atom is 0.433 e. The molecule has 0 aliphatic carbocycles. The highest BCUT2D eigenvalue weighted by Crippen LogP contribution is 2.33. The summed E-state index contributed by atoms with van der Waals surface area (Å²) in [6.45, 7) is 5.88. The second-order valence-corrected chi connectivity index (χ2v) is 8.46. The van der Waals surface area contributed by atoms with Crippen LogP contribution in [0.4, 0.5) is 18.0 Å². The van der Waals surface area contributed by atoms with Gasteiger partial charge in [-0.25, -0.2) is 9.78 Å². The highest BCUT2D eigenvalue weighted by atomic mass is 19.4. The van der Waals surface area contributed by atoms with Gasteiger partial charge in [0.05, 0.1) is 35.1 Å². The molecule has 1 aliphatic heterocycles. The maximum atomic E-state index is 13.5. The summed E-state index contributed by atoms with van der Waals surface area (Å²) in [5, 5.41) is 9.03. The molecule has 3 aromatic heterocycles. The number of nitrogens with one attached hydrogen (secondary N) is 1. The van der Waals surface area contributed by atoms with Gasteiger partial charge >= 0.3 is 12.2 Å². The fraction of sp³-hybridized carbons (Fsp3) is 0.333. The fourth-order valence-corrected chi connectivity index (χ4v) is 4.57. The number of aromatic nitrogens is 4. The Balaban J connectivity index is 1.58. The monoisotopic (exact) mass is 469 g/mol. The number of benzene rings is 1. The average Bonchev–Trinajstić information content (AvgIpc) is 3.01. The lowest BCUT2D eigenvalue weighted by atomic mass is 10.0. The van der Waals surface area contributed by atoms with E-state index >= 15 is 0 Å². The Bertz CT molecular complexity index is 1440. The van der Waals surface area contributed by atoms with Crippen LogP contribution >= 0.6 is 0 Å². The van der Waals surface area contributed by atoms with Crippen molar-refractivity contribution < 1.29 is 22.7 Å². The van der Waals surface area contributed by atoms with Crippen molar-refractivity contribution in [3.05, 3.63) is 64.2 Å². The fourth-order valence-electron chi connectivity index (χ4n) is 4.57. The lowest BCUT2D eigenvalue weighted by Crippen LogP contribution is -2.33. The van der Waals surface area contributed by atoms with Crippen LogP contribution in [0.2, 0.25) is 0 Å². The first-order chi connectivity index (χ1) is 16.1. The minimum Gasteiger partial charge on any atom is -0.375 e. The number of para-hydroxylation sites is 1. The zero-order valence-corrected chi connectivity index (χ0v) is 18.8. The molecule has 1 amide bonds. The van der Waals surface area contributed by atoms with Crippen molar-refractivity contribution in [2.75, 3.05) is 6.61 Å². The molecule has 10 heteroatoms. The van der Waals surface area contributed by atoms with Gasteiger partial charge in [-0.15, -0.1) is 0 Å². The average molecular weight is 469 g/mol. The van der Waals surface area contributed by atoms with Crippen molar-refractivity contribution in [3.8, 4) is 0 Å². The smallest absolute Gasteiger partial charge is 0.375 e. The van der Waals surface area contributed by atoms with E-state index in [0.717, 1.165) is 33.6 Å². The Morgan fingerprint density at radius 1 is 1.12 bits per heavy atom. The van der Waals surface area contributed by atoms with Crippen LogP contribution in [0.25, 0.3) is 21.8 Å². The molecular formula is C24H22F3N5O2. The molecule has 0 bridgehead atoms. The van der Waals surface area contributed by atoms with Gasteiger partial charge in [0.15, 0.2) is 0 Å². The van der Waals surface area contributed by atoms with Crippen LogP contribution in [0, 0.1) is 20.8 Å². The van der Waals surface area contributed by atoms with Crippen molar-refractivity contribution in [1.82, 2.24) is 25.1 Å². The zero-order chi connectivity index (χ0) is 24.2. The van der Waals surface area contributed by atoms with Crippen LogP contribution < -0.4 is 5.32 Å². The normalized spacial score (nSPS) is 16.5. The van der Waals surface area contributed by atoms with E-state index in [1.54, 1.807) is 0 Å². The number of pyridine rings is 2. The number of fused-ring (bicyclic) bond motifs is 4. The number of aryl methyl sites for hydroxylation is 3. The molecule has 0 spiro atoms. The van der Waals surface area contributed by atoms with E-state index in [2.05, 4.69) is 15.4 Å². The molecule has 1 N–H and O–H groups in total. The minimum atomic E-state index is -4.56. The number of hydrogen-bond donors (Lipinski definition) is 1. The Morgan fingerprint density at radius 2 is 1.91 bits per heavy atom. The van der Waals surface area contributed by atoms with Gasteiger partial charge in [-0.05, 0) is 44.4 Å². The van der Waals surface area contributed by atoms with Crippen molar-refractivity contribution in [2.24, 2.45) is 0 Å². The molecule has 1 aliphatic rings. The molecule has 1 atom stereocenters. The second-order valence-electron chi connectivity index (χ2n) is 8.46. The first-order valence-electron chi connectivity index (χ1n) is 10.9. The molecule has 1 aromatic carbocycles. The van der Waals surface area contributed by atoms with E-state index in [1.165, 1.54) is 10.7 Å². The summed E-state index contributed by atoms with van der Waals surface area (Å²) in [6, 6.07) is 7.01. The minimum absolute atomic E-state index is 0.0514.